The van der Waals surface area contributed by atoms with Crippen molar-refractivity contribution in [2.75, 3.05) is 24.9 Å². The highest BCUT2D eigenvalue weighted by Crippen LogP contribution is 2.30. The third-order valence-corrected chi connectivity index (χ3v) is 4.42. The lowest BCUT2D eigenvalue weighted by Gasteiger charge is -2.11. The topological polar surface area (TPSA) is 76.9 Å². The zero-order valence-corrected chi connectivity index (χ0v) is 16.0. The number of urea groups is 1. The standard InChI is InChI=1S/C22H20N4O3/c1-28-19-10-9-17(13-20(19)29-2)24-22(27)23-16-7-5-6-15(12-16)18-14-26-11-4-3-8-21(26)25-18/h3-14H,1-2H3,(H2,23,24,27). The number of amides is 2. The normalized spacial score (nSPS) is 10.6. The maximum Gasteiger partial charge on any atom is 0.323 e. The van der Waals surface area contributed by atoms with Crippen molar-refractivity contribution in [1.82, 2.24) is 9.38 Å². The number of methoxy groups -OCH3 is 2. The molecule has 2 aromatic carbocycles. The number of aromatic nitrogens is 2. The Morgan fingerprint density at radius 3 is 2.45 bits per heavy atom. The molecule has 7 nitrogen and oxygen atoms in total. The Kier molecular flexibility index (Phi) is 5.03. The summed E-state index contributed by atoms with van der Waals surface area (Å²) in [5.41, 5.74) is 3.87. The van der Waals surface area contributed by atoms with Crippen molar-refractivity contribution in [3.05, 3.63) is 73.1 Å². The molecule has 2 amide bonds. The summed E-state index contributed by atoms with van der Waals surface area (Å²) in [5.74, 6) is 1.14. The van der Waals surface area contributed by atoms with Crippen LogP contribution in [0.5, 0.6) is 11.5 Å². The Hall–Kier alpha value is -4.00. The van der Waals surface area contributed by atoms with Gasteiger partial charge in [-0.1, -0.05) is 18.2 Å². The Bertz CT molecular complexity index is 1140. The van der Waals surface area contributed by atoms with Crippen LogP contribution >= 0.6 is 0 Å². The van der Waals surface area contributed by atoms with Crippen LogP contribution in [0, 0.1) is 0 Å². The van der Waals surface area contributed by atoms with Gasteiger partial charge in [0, 0.05) is 35.4 Å². The Labute approximate surface area is 167 Å². The lowest BCUT2D eigenvalue weighted by Crippen LogP contribution is -2.19. The highest BCUT2D eigenvalue weighted by Gasteiger charge is 2.09. The van der Waals surface area contributed by atoms with Gasteiger partial charge in [0.2, 0.25) is 0 Å². The van der Waals surface area contributed by atoms with Crippen LogP contribution in [0.15, 0.2) is 73.1 Å². The molecule has 0 saturated carbocycles. The molecule has 0 fully saturated rings. The fourth-order valence-corrected chi connectivity index (χ4v) is 3.04. The summed E-state index contributed by atoms with van der Waals surface area (Å²) >= 11 is 0. The second kappa shape index (κ2) is 7.93. The van der Waals surface area contributed by atoms with Crippen molar-refractivity contribution in [2.24, 2.45) is 0 Å². The zero-order chi connectivity index (χ0) is 20.2. The van der Waals surface area contributed by atoms with Crippen LogP contribution in [0.4, 0.5) is 16.2 Å². The molecule has 0 aliphatic rings. The van der Waals surface area contributed by atoms with Crippen molar-refractivity contribution in [1.29, 1.82) is 0 Å². The largest absolute Gasteiger partial charge is 0.493 e. The molecule has 0 saturated heterocycles. The number of fused-ring (bicyclic) bond motifs is 1. The minimum atomic E-state index is -0.357. The Balaban J connectivity index is 1.49. The van der Waals surface area contributed by atoms with E-state index in [1.807, 2.05) is 59.3 Å². The average molecular weight is 388 g/mol. The number of anilines is 2. The van der Waals surface area contributed by atoms with Crippen LogP contribution in [0.25, 0.3) is 16.9 Å². The van der Waals surface area contributed by atoms with Crippen molar-refractivity contribution >= 4 is 23.1 Å². The van der Waals surface area contributed by atoms with Crippen LogP contribution in [0.2, 0.25) is 0 Å². The molecule has 2 aromatic heterocycles. The van der Waals surface area contributed by atoms with E-state index in [2.05, 4.69) is 15.6 Å². The zero-order valence-electron chi connectivity index (χ0n) is 16.0. The average Bonchev–Trinajstić information content (AvgIpc) is 3.18. The predicted molar refractivity (Wildman–Crippen MR) is 113 cm³/mol. The molecule has 4 rings (SSSR count). The van der Waals surface area contributed by atoms with Crippen LogP contribution in [0.3, 0.4) is 0 Å². The van der Waals surface area contributed by atoms with Gasteiger partial charge in [0.05, 0.1) is 19.9 Å². The highest BCUT2D eigenvalue weighted by atomic mass is 16.5. The molecule has 2 N–H and O–H groups in total. The number of carbonyl (C=O) groups excluding carboxylic acids is 1. The van der Waals surface area contributed by atoms with Crippen LogP contribution in [-0.4, -0.2) is 29.6 Å². The molecule has 2 heterocycles. The number of hydrogen-bond acceptors (Lipinski definition) is 4. The molecule has 7 heteroatoms. The number of nitrogens with one attached hydrogen (secondary N) is 2. The van der Waals surface area contributed by atoms with Crippen LogP contribution in [0.1, 0.15) is 0 Å². The fourth-order valence-electron chi connectivity index (χ4n) is 3.04. The summed E-state index contributed by atoms with van der Waals surface area (Å²) in [7, 11) is 3.11. The summed E-state index contributed by atoms with van der Waals surface area (Å²) in [5, 5.41) is 5.64. The summed E-state index contributed by atoms with van der Waals surface area (Å²) in [6.07, 6.45) is 3.91. The van der Waals surface area contributed by atoms with Gasteiger partial charge in [-0.3, -0.25) is 0 Å². The van der Waals surface area contributed by atoms with Gasteiger partial charge in [0.25, 0.3) is 0 Å². The SMILES string of the molecule is COc1ccc(NC(=O)Nc2cccc(-c3cn4ccccc4n3)c2)cc1OC. The van der Waals surface area contributed by atoms with E-state index in [1.165, 1.54) is 0 Å². The van der Waals surface area contributed by atoms with E-state index in [-0.39, 0.29) is 6.03 Å². The van der Waals surface area contributed by atoms with Gasteiger partial charge in [0.15, 0.2) is 11.5 Å². The van der Waals surface area contributed by atoms with E-state index < -0.39 is 0 Å². The quantitative estimate of drug-likeness (QED) is 0.521. The van der Waals surface area contributed by atoms with Gasteiger partial charge >= 0.3 is 6.03 Å². The summed E-state index contributed by atoms with van der Waals surface area (Å²) in [4.78, 5) is 17.0. The second-order valence-electron chi connectivity index (χ2n) is 6.32. The van der Waals surface area contributed by atoms with Gasteiger partial charge in [-0.05, 0) is 36.4 Å². The smallest absolute Gasteiger partial charge is 0.323 e. The molecule has 4 aromatic rings. The molecule has 146 valence electrons. The van der Waals surface area contributed by atoms with Crippen LogP contribution < -0.4 is 20.1 Å². The first kappa shape index (κ1) is 18.4. The molecule has 0 aliphatic heterocycles. The predicted octanol–water partition coefficient (Wildman–Crippen LogP) is 4.66. The molecule has 0 unspecified atom stereocenters. The first-order valence-electron chi connectivity index (χ1n) is 9.00. The van der Waals surface area contributed by atoms with Gasteiger partial charge in [-0.15, -0.1) is 0 Å². The summed E-state index contributed by atoms with van der Waals surface area (Å²) in [6, 6.07) is 18.2. The van der Waals surface area contributed by atoms with Gasteiger partial charge in [0.1, 0.15) is 5.65 Å². The van der Waals surface area contributed by atoms with Crippen molar-refractivity contribution < 1.29 is 14.3 Å². The molecule has 0 atom stereocenters. The number of rotatable bonds is 5. The Morgan fingerprint density at radius 1 is 0.897 bits per heavy atom. The van der Waals surface area contributed by atoms with Crippen molar-refractivity contribution in [2.45, 2.75) is 0 Å². The minimum absolute atomic E-state index is 0.357. The van der Waals surface area contributed by atoms with E-state index in [4.69, 9.17) is 9.47 Å². The monoisotopic (exact) mass is 388 g/mol. The maximum absolute atomic E-state index is 12.4. The third kappa shape index (κ3) is 3.98. The third-order valence-electron chi connectivity index (χ3n) is 4.42. The number of imidazole rings is 1. The Morgan fingerprint density at radius 2 is 1.69 bits per heavy atom. The van der Waals surface area contributed by atoms with Crippen molar-refractivity contribution in [3.8, 4) is 22.8 Å². The first-order chi connectivity index (χ1) is 14.2. The highest BCUT2D eigenvalue weighted by molar-refractivity contribution is 6.00. The molecule has 29 heavy (non-hydrogen) atoms. The number of pyridine rings is 1. The van der Waals surface area contributed by atoms with Gasteiger partial charge < -0.3 is 24.5 Å². The lowest BCUT2D eigenvalue weighted by molar-refractivity contribution is 0.262. The van der Waals surface area contributed by atoms with E-state index >= 15 is 0 Å². The number of carbonyl (C=O) groups is 1. The number of benzene rings is 2. The number of nitrogens with zero attached hydrogens (tertiary/aromatic N) is 2. The number of ether oxygens (including phenoxy) is 2. The van der Waals surface area contributed by atoms with Gasteiger partial charge in [-0.25, -0.2) is 9.78 Å². The lowest BCUT2D eigenvalue weighted by atomic mass is 10.1. The molecule has 0 spiro atoms. The van der Waals surface area contributed by atoms with E-state index in [0.29, 0.717) is 22.9 Å². The molecule has 0 bridgehead atoms. The first-order valence-corrected chi connectivity index (χ1v) is 9.00. The summed E-state index contributed by atoms with van der Waals surface area (Å²) in [6.45, 7) is 0. The molecule has 0 aliphatic carbocycles. The van der Waals surface area contributed by atoms with E-state index in [0.717, 1.165) is 16.9 Å². The number of hydrogen-bond donors (Lipinski definition) is 2. The summed E-state index contributed by atoms with van der Waals surface area (Å²) < 4.78 is 12.4. The van der Waals surface area contributed by atoms with E-state index in [1.54, 1.807) is 32.4 Å². The van der Waals surface area contributed by atoms with E-state index in [9.17, 15) is 4.79 Å². The molecular weight excluding hydrogens is 368 g/mol. The fraction of sp³-hybridized carbons (Fsp3) is 0.0909. The molecular formula is C22H20N4O3. The van der Waals surface area contributed by atoms with Gasteiger partial charge in [-0.2, -0.15) is 0 Å². The minimum Gasteiger partial charge on any atom is -0.493 e. The second-order valence-corrected chi connectivity index (χ2v) is 6.32. The molecule has 0 radical (unpaired) electrons. The van der Waals surface area contributed by atoms with Crippen LogP contribution in [-0.2, 0) is 0 Å². The van der Waals surface area contributed by atoms with Crippen molar-refractivity contribution in [3.63, 3.8) is 0 Å². The maximum atomic E-state index is 12.4.